The Labute approximate surface area is 99.2 Å². The minimum atomic E-state index is -4.85. The fourth-order valence-electron chi connectivity index (χ4n) is 1.19. The standard InChI is InChI=1S/C10H9BrF3NO/c11-6-7-15(9(16)10(12,13)14)8-4-2-1-3-5-8/h1-5H,6-7H2. The highest BCUT2D eigenvalue weighted by Crippen LogP contribution is 2.23. The molecule has 1 aromatic carbocycles. The van der Waals surface area contributed by atoms with Crippen molar-refractivity contribution in [3.05, 3.63) is 30.3 Å². The number of anilines is 1. The van der Waals surface area contributed by atoms with E-state index >= 15 is 0 Å². The highest BCUT2D eigenvalue weighted by Gasteiger charge is 2.42. The third kappa shape index (κ3) is 3.23. The number of rotatable bonds is 3. The van der Waals surface area contributed by atoms with E-state index in [1.54, 1.807) is 18.2 Å². The molecule has 0 aliphatic carbocycles. The molecule has 0 aromatic heterocycles. The summed E-state index contributed by atoms with van der Waals surface area (Å²) in [5, 5.41) is 0.281. The van der Waals surface area contributed by atoms with Gasteiger partial charge in [0.05, 0.1) is 0 Å². The summed E-state index contributed by atoms with van der Waals surface area (Å²) in [6, 6.07) is 7.77. The van der Waals surface area contributed by atoms with Gasteiger partial charge in [-0.05, 0) is 12.1 Å². The molecule has 0 bridgehead atoms. The molecule has 1 amide bonds. The number of alkyl halides is 4. The summed E-state index contributed by atoms with van der Waals surface area (Å²) in [6.45, 7) is -0.0254. The number of carbonyl (C=O) groups is 1. The zero-order valence-corrected chi connectivity index (χ0v) is 9.75. The lowest BCUT2D eigenvalue weighted by molar-refractivity contribution is -0.170. The van der Waals surface area contributed by atoms with Gasteiger partial charge >= 0.3 is 12.1 Å². The molecular formula is C10H9BrF3NO. The summed E-state index contributed by atoms with van der Waals surface area (Å²) >= 11 is 3.02. The molecule has 0 unspecified atom stereocenters. The van der Waals surface area contributed by atoms with Crippen molar-refractivity contribution < 1.29 is 18.0 Å². The van der Waals surface area contributed by atoms with Gasteiger partial charge in [0.1, 0.15) is 0 Å². The second-order valence-corrected chi connectivity index (χ2v) is 3.77. The van der Waals surface area contributed by atoms with Crippen molar-refractivity contribution >= 4 is 27.5 Å². The molecule has 1 rings (SSSR count). The molecule has 6 heteroatoms. The number of para-hydroxylation sites is 1. The molecule has 0 atom stereocenters. The normalized spacial score (nSPS) is 11.2. The van der Waals surface area contributed by atoms with Crippen molar-refractivity contribution in [1.29, 1.82) is 0 Å². The van der Waals surface area contributed by atoms with Crippen molar-refractivity contribution in [2.75, 3.05) is 16.8 Å². The van der Waals surface area contributed by atoms with E-state index in [1.165, 1.54) is 12.1 Å². The molecule has 0 spiro atoms. The Morgan fingerprint density at radius 3 is 2.25 bits per heavy atom. The average molecular weight is 296 g/mol. The van der Waals surface area contributed by atoms with Crippen LogP contribution in [0, 0.1) is 0 Å². The third-order valence-corrected chi connectivity index (χ3v) is 2.22. The van der Waals surface area contributed by atoms with Crippen LogP contribution in [0.1, 0.15) is 0 Å². The predicted octanol–water partition coefficient (Wildman–Crippen LogP) is 2.98. The molecule has 0 aliphatic heterocycles. The molecule has 0 radical (unpaired) electrons. The Morgan fingerprint density at radius 1 is 1.25 bits per heavy atom. The highest BCUT2D eigenvalue weighted by atomic mass is 79.9. The number of hydrogen-bond acceptors (Lipinski definition) is 1. The van der Waals surface area contributed by atoms with E-state index in [-0.39, 0.29) is 17.6 Å². The van der Waals surface area contributed by atoms with Crippen LogP contribution in [0.25, 0.3) is 0 Å². The monoisotopic (exact) mass is 295 g/mol. The summed E-state index contributed by atoms with van der Waals surface area (Å²) in [4.78, 5) is 11.8. The van der Waals surface area contributed by atoms with E-state index in [1.807, 2.05) is 0 Å². The Kier molecular flexibility index (Phi) is 4.35. The maximum Gasteiger partial charge on any atom is 0.471 e. The van der Waals surface area contributed by atoms with Gasteiger partial charge in [-0.15, -0.1) is 0 Å². The van der Waals surface area contributed by atoms with Gasteiger partial charge in [-0.2, -0.15) is 13.2 Å². The van der Waals surface area contributed by atoms with Crippen LogP contribution >= 0.6 is 15.9 Å². The molecule has 16 heavy (non-hydrogen) atoms. The van der Waals surface area contributed by atoms with Crippen LogP contribution in [0.3, 0.4) is 0 Å². The lowest BCUT2D eigenvalue weighted by Crippen LogP contribution is -2.42. The fraction of sp³-hybridized carbons (Fsp3) is 0.300. The molecular weight excluding hydrogens is 287 g/mol. The van der Waals surface area contributed by atoms with Gasteiger partial charge in [-0.3, -0.25) is 4.79 Å². The Hall–Kier alpha value is -1.04. The van der Waals surface area contributed by atoms with E-state index in [0.717, 1.165) is 0 Å². The van der Waals surface area contributed by atoms with Crippen molar-refractivity contribution in [2.24, 2.45) is 0 Å². The second kappa shape index (κ2) is 5.34. The van der Waals surface area contributed by atoms with Gasteiger partial charge in [-0.1, -0.05) is 34.1 Å². The molecule has 0 heterocycles. The van der Waals surface area contributed by atoms with E-state index in [2.05, 4.69) is 15.9 Å². The molecule has 2 nitrogen and oxygen atoms in total. The SMILES string of the molecule is O=C(N(CCBr)c1ccccc1)C(F)(F)F. The number of carbonyl (C=O) groups excluding carboxylic acids is 1. The van der Waals surface area contributed by atoms with Crippen molar-refractivity contribution in [3.63, 3.8) is 0 Å². The Morgan fingerprint density at radius 2 is 1.81 bits per heavy atom. The molecule has 0 N–H and O–H groups in total. The first-order valence-electron chi connectivity index (χ1n) is 4.46. The average Bonchev–Trinajstić information content (AvgIpc) is 2.25. The number of nitrogens with zero attached hydrogens (tertiary/aromatic N) is 1. The topological polar surface area (TPSA) is 20.3 Å². The van der Waals surface area contributed by atoms with Crippen molar-refractivity contribution in [3.8, 4) is 0 Å². The predicted molar refractivity (Wildman–Crippen MR) is 58.6 cm³/mol. The highest BCUT2D eigenvalue weighted by molar-refractivity contribution is 9.09. The maximum absolute atomic E-state index is 12.3. The van der Waals surface area contributed by atoms with Gasteiger partial charge in [0.2, 0.25) is 0 Å². The fourth-order valence-corrected chi connectivity index (χ4v) is 1.55. The summed E-state index contributed by atoms with van der Waals surface area (Å²) < 4.78 is 36.9. The van der Waals surface area contributed by atoms with Crippen LogP contribution in [0.5, 0.6) is 0 Å². The van der Waals surface area contributed by atoms with E-state index in [9.17, 15) is 18.0 Å². The van der Waals surface area contributed by atoms with Crippen LogP contribution in [0.2, 0.25) is 0 Å². The molecule has 0 saturated carbocycles. The van der Waals surface area contributed by atoms with E-state index in [4.69, 9.17) is 0 Å². The molecule has 0 aliphatic rings. The van der Waals surface area contributed by atoms with Crippen LogP contribution < -0.4 is 4.90 Å². The minimum absolute atomic E-state index is 0.0254. The summed E-state index contributed by atoms with van der Waals surface area (Å²) in [6.07, 6.45) is -4.85. The summed E-state index contributed by atoms with van der Waals surface area (Å²) in [5.41, 5.74) is 0.240. The Balaban J connectivity index is 2.97. The summed E-state index contributed by atoms with van der Waals surface area (Å²) in [7, 11) is 0. The zero-order chi connectivity index (χ0) is 12.2. The lowest BCUT2D eigenvalue weighted by atomic mass is 10.3. The van der Waals surface area contributed by atoms with Gasteiger partial charge < -0.3 is 4.90 Å². The number of hydrogen-bond donors (Lipinski definition) is 0. The van der Waals surface area contributed by atoms with Crippen LogP contribution in [0.15, 0.2) is 30.3 Å². The largest absolute Gasteiger partial charge is 0.471 e. The van der Waals surface area contributed by atoms with Crippen molar-refractivity contribution in [2.45, 2.75) is 6.18 Å². The van der Waals surface area contributed by atoms with Gasteiger partial charge in [-0.25, -0.2) is 0 Å². The zero-order valence-electron chi connectivity index (χ0n) is 8.17. The quantitative estimate of drug-likeness (QED) is 0.785. The van der Waals surface area contributed by atoms with Crippen LogP contribution in [-0.4, -0.2) is 24.0 Å². The van der Waals surface area contributed by atoms with Crippen LogP contribution in [0.4, 0.5) is 18.9 Å². The van der Waals surface area contributed by atoms with Gasteiger partial charge in [0, 0.05) is 17.6 Å². The first-order chi connectivity index (χ1) is 7.46. The number of benzene rings is 1. The minimum Gasteiger partial charge on any atom is -0.304 e. The van der Waals surface area contributed by atoms with E-state index < -0.39 is 12.1 Å². The number of amides is 1. The molecule has 0 saturated heterocycles. The van der Waals surface area contributed by atoms with Gasteiger partial charge in [0.25, 0.3) is 0 Å². The van der Waals surface area contributed by atoms with Crippen molar-refractivity contribution in [1.82, 2.24) is 0 Å². The first kappa shape index (κ1) is 13.0. The maximum atomic E-state index is 12.3. The Bertz CT molecular complexity index is 353. The van der Waals surface area contributed by atoms with Gasteiger partial charge in [0.15, 0.2) is 0 Å². The first-order valence-corrected chi connectivity index (χ1v) is 5.58. The molecule has 1 aromatic rings. The van der Waals surface area contributed by atoms with E-state index in [0.29, 0.717) is 4.90 Å². The smallest absolute Gasteiger partial charge is 0.304 e. The lowest BCUT2D eigenvalue weighted by Gasteiger charge is -2.22. The third-order valence-electron chi connectivity index (χ3n) is 1.86. The number of halogens is 4. The molecule has 0 fully saturated rings. The summed E-state index contributed by atoms with van der Waals surface area (Å²) in [5.74, 6) is -1.85. The van der Waals surface area contributed by atoms with Crippen LogP contribution in [-0.2, 0) is 4.79 Å². The second-order valence-electron chi connectivity index (χ2n) is 2.98. The molecule has 88 valence electrons.